The first kappa shape index (κ1) is 24.6. The fourth-order valence-corrected chi connectivity index (χ4v) is 5.04. The van der Waals surface area contributed by atoms with Crippen molar-refractivity contribution in [1.82, 2.24) is 5.32 Å². The van der Waals surface area contributed by atoms with Crippen molar-refractivity contribution >= 4 is 0 Å². The van der Waals surface area contributed by atoms with Crippen molar-refractivity contribution in [2.45, 2.75) is 96.2 Å². The topological polar surface area (TPSA) is 72.7 Å². The SMILES string of the molecule is CCCC[C@](C)(O)C/C=C/[C@@H]1[C@H]2CC(CCCCCNCCCO)=C[C@H]2C[C@H]1O. The first-order valence-corrected chi connectivity index (χ1v) is 12.0. The summed E-state index contributed by atoms with van der Waals surface area (Å²) in [4.78, 5) is 0. The molecule has 1 fully saturated rings. The fraction of sp³-hybridized carbons (Fsp3) is 0.840. The summed E-state index contributed by atoms with van der Waals surface area (Å²) in [5.74, 6) is 1.33. The van der Waals surface area contributed by atoms with E-state index in [1.807, 2.05) is 6.92 Å². The first-order chi connectivity index (χ1) is 14.0. The van der Waals surface area contributed by atoms with E-state index >= 15 is 0 Å². The molecule has 0 radical (unpaired) electrons. The number of allylic oxidation sites excluding steroid dienone is 2. The van der Waals surface area contributed by atoms with Gasteiger partial charge in [-0.2, -0.15) is 0 Å². The molecule has 0 bridgehead atoms. The summed E-state index contributed by atoms with van der Waals surface area (Å²) in [7, 11) is 0. The van der Waals surface area contributed by atoms with Crippen LogP contribution in [0.15, 0.2) is 23.8 Å². The zero-order valence-electron chi connectivity index (χ0n) is 18.8. The monoisotopic (exact) mass is 407 g/mol. The Kier molecular flexibility index (Phi) is 10.9. The molecule has 4 N–H and O–H groups in total. The fourth-order valence-electron chi connectivity index (χ4n) is 5.04. The highest BCUT2D eigenvalue weighted by Crippen LogP contribution is 2.48. The summed E-state index contributed by atoms with van der Waals surface area (Å²) in [5, 5.41) is 33.1. The van der Waals surface area contributed by atoms with E-state index in [0.717, 1.165) is 51.6 Å². The molecule has 0 aromatic rings. The normalized spacial score (nSPS) is 28.7. The van der Waals surface area contributed by atoms with Crippen molar-refractivity contribution in [3.8, 4) is 0 Å². The Morgan fingerprint density at radius 2 is 1.97 bits per heavy atom. The molecule has 0 heterocycles. The van der Waals surface area contributed by atoms with Crippen molar-refractivity contribution in [2.24, 2.45) is 17.8 Å². The van der Waals surface area contributed by atoms with Crippen LogP contribution in [0.1, 0.15) is 84.5 Å². The quantitative estimate of drug-likeness (QED) is 0.241. The molecule has 29 heavy (non-hydrogen) atoms. The molecule has 0 aliphatic heterocycles. The van der Waals surface area contributed by atoms with Crippen LogP contribution in [0.3, 0.4) is 0 Å². The van der Waals surface area contributed by atoms with Crippen LogP contribution in [0.4, 0.5) is 0 Å². The summed E-state index contributed by atoms with van der Waals surface area (Å²) >= 11 is 0. The van der Waals surface area contributed by atoms with E-state index in [1.165, 1.54) is 25.7 Å². The summed E-state index contributed by atoms with van der Waals surface area (Å²) < 4.78 is 0. The standard InChI is InChI=1S/C25H45NO3/c1-3-4-12-25(2,29)13-8-11-22-23-18-20(17-21(23)19-24(22)28)10-6-5-7-14-26-15-9-16-27/h8,11,17,21-24,26-29H,3-7,9-10,12-16,18-19H2,1-2H3/b11-8+/t21-,22+,23-,24+,25-/m0/s1. The Labute approximate surface area is 178 Å². The van der Waals surface area contributed by atoms with Crippen LogP contribution in [0.2, 0.25) is 0 Å². The molecular weight excluding hydrogens is 362 g/mol. The average molecular weight is 408 g/mol. The minimum absolute atomic E-state index is 0.232. The lowest BCUT2D eigenvalue weighted by Crippen LogP contribution is -2.23. The van der Waals surface area contributed by atoms with Gasteiger partial charge in [0.15, 0.2) is 0 Å². The van der Waals surface area contributed by atoms with E-state index in [-0.39, 0.29) is 18.6 Å². The molecule has 2 rings (SSSR count). The zero-order valence-corrected chi connectivity index (χ0v) is 18.8. The van der Waals surface area contributed by atoms with E-state index in [2.05, 4.69) is 30.5 Å². The van der Waals surface area contributed by atoms with E-state index in [1.54, 1.807) is 5.57 Å². The Hall–Kier alpha value is -0.680. The van der Waals surface area contributed by atoms with Gasteiger partial charge < -0.3 is 20.6 Å². The van der Waals surface area contributed by atoms with E-state index < -0.39 is 5.60 Å². The smallest absolute Gasteiger partial charge is 0.0654 e. The van der Waals surface area contributed by atoms with Gasteiger partial charge in [0.25, 0.3) is 0 Å². The number of aliphatic hydroxyl groups excluding tert-OH is 2. The molecule has 4 heteroatoms. The van der Waals surface area contributed by atoms with Crippen molar-refractivity contribution in [3.05, 3.63) is 23.8 Å². The number of hydrogen-bond donors (Lipinski definition) is 4. The summed E-state index contributed by atoms with van der Waals surface area (Å²) in [5.41, 5.74) is 0.968. The zero-order chi connectivity index (χ0) is 21.1. The molecule has 168 valence electrons. The molecule has 1 saturated carbocycles. The molecule has 0 aromatic carbocycles. The Morgan fingerprint density at radius 1 is 1.17 bits per heavy atom. The highest BCUT2D eigenvalue weighted by molar-refractivity contribution is 5.20. The van der Waals surface area contributed by atoms with Crippen LogP contribution in [-0.2, 0) is 0 Å². The lowest BCUT2D eigenvalue weighted by Gasteiger charge is -2.22. The number of rotatable bonds is 15. The highest BCUT2D eigenvalue weighted by Gasteiger charge is 2.43. The molecule has 4 nitrogen and oxygen atoms in total. The second-order valence-electron chi connectivity index (χ2n) is 9.61. The van der Waals surface area contributed by atoms with Crippen molar-refractivity contribution < 1.29 is 15.3 Å². The molecule has 5 atom stereocenters. The predicted octanol–water partition coefficient (Wildman–Crippen LogP) is 4.35. The van der Waals surface area contributed by atoms with Crippen LogP contribution in [0, 0.1) is 17.8 Å². The van der Waals surface area contributed by atoms with Crippen LogP contribution >= 0.6 is 0 Å². The Bertz CT molecular complexity index is 514. The molecule has 2 aliphatic carbocycles. The van der Waals surface area contributed by atoms with Gasteiger partial charge in [0.05, 0.1) is 11.7 Å². The van der Waals surface area contributed by atoms with E-state index in [9.17, 15) is 10.2 Å². The van der Waals surface area contributed by atoms with Crippen molar-refractivity contribution in [2.75, 3.05) is 19.7 Å². The number of fused-ring (bicyclic) bond motifs is 1. The third kappa shape index (κ3) is 8.53. The molecule has 0 aromatic heterocycles. The van der Waals surface area contributed by atoms with Gasteiger partial charge >= 0.3 is 0 Å². The number of aliphatic hydroxyl groups is 3. The van der Waals surface area contributed by atoms with Gasteiger partial charge in [0, 0.05) is 12.5 Å². The van der Waals surface area contributed by atoms with Crippen LogP contribution in [-0.4, -0.2) is 46.7 Å². The van der Waals surface area contributed by atoms with E-state index in [0.29, 0.717) is 18.3 Å². The molecule has 0 unspecified atom stereocenters. The minimum atomic E-state index is -0.624. The van der Waals surface area contributed by atoms with Gasteiger partial charge in [0.1, 0.15) is 0 Å². The van der Waals surface area contributed by atoms with Crippen molar-refractivity contribution in [3.63, 3.8) is 0 Å². The number of unbranched alkanes of at least 4 members (excludes halogenated alkanes) is 3. The number of nitrogens with one attached hydrogen (secondary N) is 1. The second kappa shape index (κ2) is 12.9. The summed E-state index contributed by atoms with van der Waals surface area (Å²) in [6.07, 6.45) is 18.0. The lowest BCUT2D eigenvalue weighted by molar-refractivity contribution is 0.0513. The molecule has 0 amide bonds. The van der Waals surface area contributed by atoms with Crippen LogP contribution < -0.4 is 5.32 Å². The minimum Gasteiger partial charge on any atom is -0.396 e. The summed E-state index contributed by atoms with van der Waals surface area (Å²) in [6.45, 7) is 6.31. The molecule has 0 spiro atoms. The largest absolute Gasteiger partial charge is 0.396 e. The third-order valence-electron chi connectivity index (χ3n) is 6.80. The second-order valence-corrected chi connectivity index (χ2v) is 9.61. The maximum Gasteiger partial charge on any atom is 0.0654 e. The van der Waals surface area contributed by atoms with Gasteiger partial charge in [-0.25, -0.2) is 0 Å². The van der Waals surface area contributed by atoms with E-state index in [4.69, 9.17) is 5.11 Å². The highest BCUT2D eigenvalue weighted by atomic mass is 16.3. The molecular formula is C25H45NO3. The van der Waals surface area contributed by atoms with Gasteiger partial charge in [-0.15, -0.1) is 0 Å². The third-order valence-corrected chi connectivity index (χ3v) is 6.80. The van der Waals surface area contributed by atoms with Gasteiger partial charge in [0.2, 0.25) is 0 Å². The van der Waals surface area contributed by atoms with Crippen molar-refractivity contribution in [1.29, 1.82) is 0 Å². The van der Waals surface area contributed by atoms with Gasteiger partial charge in [-0.3, -0.25) is 0 Å². The van der Waals surface area contributed by atoms with Crippen LogP contribution in [0.5, 0.6) is 0 Å². The predicted molar refractivity (Wildman–Crippen MR) is 121 cm³/mol. The van der Waals surface area contributed by atoms with Gasteiger partial charge in [-0.1, -0.05) is 50.0 Å². The Balaban J connectivity index is 1.68. The molecule has 2 aliphatic rings. The first-order valence-electron chi connectivity index (χ1n) is 12.0. The number of hydrogen-bond acceptors (Lipinski definition) is 4. The van der Waals surface area contributed by atoms with Gasteiger partial charge in [-0.05, 0) is 83.2 Å². The Morgan fingerprint density at radius 3 is 2.72 bits per heavy atom. The average Bonchev–Trinajstić information content (AvgIpc) is 3.19. The maximum atomic E-state index is 10.5. The maximum absolute atomic E-state index is 10.5. The lowest BCUT2D eigenvalue weighted by atomic mass is 9.87. The molecule has 0 saturated heterocycles. The van der Waals surface area contributed by atoms with Crippen LogP contribution in [0.25, 0.3) is 0 Å². The summed E-state index contributed by atoms with van der Waals surface area (Å²) in [6, 6.07) is 0.